The first kappa shape index (κ1) is 17.8. The van der Waals surface area contributed by atoms with Crippen molar-refractivity contribution in [2.45, 2.75) is 51.1 Å². The SMILES string of the molecule is CC(=O)N(Cc1cc2ccccc2n1C)C1CCC(c2ccccc2)CC1. The molecular formula is C24H28N2O. The third-order valence-electron chi connectivity index (χ3n) is 6.20. The van der Waals surface area contributed by atoms with Gasteiger partial charge in [0.15, 0.2) is 0 Å². The largest absolute Gasteiger partial charge is 0.346 e. The van der Waals surface area contributed by atoms with Gasteiger partial charge in [0.1, 0.15) is 0 Å². The Hall–Kier alpha value is -2.55. The summed E-state index contributed by atoms with van der Waals surface area (Å²) in [5.41, 5.74) is 3.87. The quantitative estimate of drug-likeness (QED) is 0.623. The molecule has 0 spiro atoms. The minimum absolute atomic E-state index is 0.184. The molecule has 1 fully saturated rings. The maximum atomic E-state index is 12.4. The number of carbonyl (C=O) groups excluding carboxylic acids is 1. The number of carbonyl (C=O) groups is 1. The Bertz CT molecular complexity index is 920. The molecule has 1 aliphatic carbocycles. The van der Waals surface area contributed by atoms with E-state index < -0.39 is 0 Å². The molecule has 0 saturated heterocycles. The number of hydrogen-bond donors (Lipinski definition) is 0. The molecule has 3 aromatic rings. The van der Waals surface area contributed by atoms with Gasteiger partial charge in [-0.1, -0.05) is 48.5 Å². The second-order valence-corrected chi connectivity index (χ2v) is 7.82. The van der Waals surface area contributed by atoms with Crippen molar-refractivity contribution in [2.75, 3.05) is 0 Å². The molecule has 1 heterocycles. The molecule has 1 amide bonds. The van der Waals surface area contributed by atoms with Crippen LogP contribution in [0.3, 0.4) is 0 Å². The third-order valence-corrected chi connectivity index (χ3v) is 6.20. The van der Waals surface area contributed by atoms with Crippen LogP contribution in [-0.4, -0.2) is 21.4 Å². The Morgan fingerprint density at radius 3 is 2.33 bits per heavy atom. The van der Waals surface area contributed by atoms with E-state index in [1.165, 1.54) is 22.2 Å². The van der Waals surface area contributed by atoms with Gasteiger partial charge < -0.3 is 9.47 Å². The Morgan fingerprint density at radius 1 is 1.00 bits per heavy atom. The first-order chi connectivity index (χ1) is 13.1. The van der Waals surface area contributed by atoms with Gasteiger partial charge in [0.25, 0.3) is 0 Å². The molecule has 1 aliphatic rings. The molecule has 3 nitrogen and oxygen atoms in total. The van der Waals surface area contributed by atoms with Crippen LogP contribution in [0.2, 0.25) is 0 Å². The molecule has 1 aromatic heterocycles. The lowest BCUT2D eigenvalue weighted by Crippen LogP contribution is -2.40. The second-order valence-electron chi connectivity index (χ2n) is 7.82. The summed E-state index contributed by atoms with van der Waals surface area (Å²) in [7, 11) is 2.10. The highest BCUT2D eigenvalue weighted by atomic mass is 16.2. The van der Waals surface area contributed by atoms with E-state index >= 15 is 0 Å². The van der Waals surface area contributed by atoms with Gasteiger partial charge in [-0.2, -0.15) is 0 Å². The maximum Gasteiger partial charge on any atom is 0.220 e. The van der Waals surface area contributed by atoms with Gasteiger partial charge >= 0.3 is 0 Å². The number of hydrogen-bond acceptors (Lipinski definition) is 1. The van der Waals surface area contributed by atoms with Gasteiger partial charge in [-0.3, -0.25) is 4.79 Å². The zero-order valence-corrected chi connectivity index (χ0v) is 16.3. The monoisotopic (exact) mass is 360 g/mol. The van der Waals surface area contributed by atoms with Crippen molar-refractivity contribution in [3.8, 4) is 0 Å². The number of aryl methyl sites for hydroxylation is 1. The fraction of sp³-hybridized carbons (Fsp3) is 0.375. The number of benzene rings is 2. The molecule has 0 N–H and O–H groups in total. The average Bonchev–Trinajstić information content (AvgIpc) is 3.02. The highest BCUT2D eigenvalue weighted by Gasteiger charge is 2.28. The summed E-state index contributed by atoms with van der Waals surface area (Å²) in [6.07, 6.45) is 4.49. The van der Waals surface area contributed by atoms with Gasteiger partial charge in [-0.05, 0) is 54.7 Å². The molecule has 0 radical (unpaired) electrons. The molecule has 1 saturated carbocycles. The molecule has 0 atom stereocenters. The van der Waals surface area contributed by atoms with E-state index in [9.17, 15) is 4.79 Å². The molecule has 27 heavy (non-hydrogen) atoms. The van der Waals surface area contributed by atoms with E-state index in [4.69, 9.17) is 0 Å². The van der Waals surface area contributed by atoms with Gasteiger partial charge in [0.05, 0.1) is 6.54 Å². The molecule has 2 aromatic carbocycles. The van der Waals surface area contributed by atoms with Crippen molar-refractivity contribution in [3.63, 3.8) is 0 Å². The van der Waals surface area contributed by atoms with Crippen molar-refractivity contribution >= 4 is 16.8 Å². The lowest BCUT2D eigenvalue weighted by Gasteiger charge is -2.36. The zero-order valence-electron chi connectivity index (χ0n) is 16.3. The van der Waals surface area contributed by atoms with Crippen LogP contribution < -0.4 is 0 Å². The highest BCUT2D eigenvalue weighted by Crippen LogP contribution is 2.35. The molecular weight excluding hydrogens is 332 g/mol. The van der Waals surface area contributed by atoms with Crippen molar-refractivity contribution in [1.29, 1.82) is 0 Å². The van der Waals surface area contributed by atoms with Crippen LogP contribution >= 0.6 is 0 Å². The predicted molar refractivity (Wildman–Crippen MR) is 111 cm³/mol. The number of para-hydroxylation sites is 1. The summed E-state index contributed by atoms with van der Waals surface area (Å²) in [6.45, 7) is 2.41. The third kappa shape index (κ3) is 3.64. The summed E-state index contributed by atoms with van der Waals surface area (Å²) in [5, 5.41) is 1.24. The minimum Gasteiger partial charge on any atom is -0.346 e. The summed E-state index contributed by atoms with van der Waals surface area (Å²) < 4.78 is 2.22. The lowest BCUT2D eigenvalue weighted by atomic mass is 9.81. The maximum absolute atomic E-state index is 12.4. The van der Waals surface area contributed by atoms with Crippen molar-refractivity contribution in [3.05, 3.63) is 71.9 Å². The Morgan fingerprint density at radius 2 is 1.67 bits per heavy atom. The molecule has 0 bridgehead atoms. The first-order valence-electron chi connectivity index (χ1n) is 9.99. The summed E-state index contributed by atoms with van der Waals surface area (Å²) in [5.74, 6) is 0.817. The lowest BCUT2D eigenvalue weighted by molar-refractivity contribution is -0.132. The van der Waals surface area contributed by atoms with Crippen LogP contribution in [0.1, 0.15) is 49.8 Å². The molecule has 0 aliphatic heterocycles. The summed E-state index contributed by atoms with van der Waals surface area (Å²) in [4.78, 5) is 14.5. The van der Waals surface area contributed by atoms with E-state index in [1.807, 2.05) is 0 Å². The normalized spacial score (nSPS) is 19.9. The second kappa shape index (κ2) is 7.59. The van der Waals surface area contributed by atoms with E-state index in [-0.39, 0.29) is 5.91 Å². The van der Waals surface area contributed by atoms with Crippen LogP contribution in [-0.2, 0) is 18.4 Å². The Kier molecular flexibility index (Phi) is 5.02. The smallest absolute Gasteiger partial charge is 0.220 e. The van der Waals surface area contributed by atoms with Crippen molar-refractivity contribution in [1.82, 2.24) is 9.47 Å². The van der Waals surface area contributed by atoms with Crippen LogP contribution in [0.5, 0.6) is 0 Å². The molecule has 140 valence electrons. The van der Waals surface area contributed by atoms with E-state index in [2.05, 4.69) is 77.2 Å². The minimum atomic E-state index is 0.184. The van der Waals surface area contributed by atoms with Gasteiger partial charge in [-0.15, -0.1) is 0 Å². The van der Waals surface area contributed by atoms with Gasteiger partial charge in [0.2, 0.25) is 5.91 Å². The fourth-order valence-corrected chi connectivity index (χ4v) is 4.62. The molecule has 0 unspecified atom stereocenters. The van der Waals surface area contributed by atoms with E-state index in [0.717, 1.165) is 25.7 Å². The number of nitrogens with zero attached hydrogens (tertiary/aromatic N) is 2. The predicted octanol–water partition coefficient (Wildman–Crippen LogP) is 5.25. The number of fused-ring (bicyclic) bond motifs is 1. The van der Waals surface area contributed by atoms with Crippen molar-refractivity contribution in [2.24, 2.45) is 7.05 Å². The molecule has 3 heteroatoms. The zero-order chi connectivity index (χ0) is 18.8. The number of aromatic nitrogens is 1. The Balaban J connectivity index is 1.48. The topological polar surface area (TPSA) is 25.2 Å². The van der Waals surface area contributed by atoms with E-state index in [0.29, 0.717) is 18.5 Å². The summed E-state index contributed by atoms with van der Waals surface area (Å²) >= 11 is 0. The Labute approximate surface area is 161 Å². The van der Waals surface area contributed by atoms with Gasteiger partial charge in [-0.25, -0.2) is 0 Å². The average molecular weight is 361 g/mol. The molecule has 4 rings (SSSR count). The van der Waals surface area contributed by atoms with Crippen LogP contribution in [0.15, 0.2) is 60.7 Å². The van der Waals surface area contributed by atoms with Crippen LogP contribution in [0.25, 0.3) is 10.9 Å². The van der Waals surface area contributed by atoms with E-state index in [1.54, 1.807) is 6.92 Å². The van der Waals surface area contributed by atoms with Gasteiger partial charge in [0, 0.05) is 31.2 Å². The number of amides is 1. The fourth-order valence-electron chi connectivity index (χ4n) is 4.62. The van der Waals surface area contributed by atoms with Crippen molar-refractivity contribution < 1.29 is 4.79 Å². The first-order valence-corrected chi connectivity index (χ1v) is 9.99. The van der Waals surface area contributed by atoms with Crippen LogP contribution in [0, 0.1) is 0 Å². The highest BCUT2D eigenvalue weighted by molar-refractivity contribution is 5.81. The van der Waals surface area contributed by atoms with Crippen LogP contribution in [0.4, 0.5) is 0 Å². The number of rotatable bonds is 4. The standard InChI is InChI=1S/C24H28N2O/c1-18(27)26(17-23-16-21-10-6-7-11-24(21)25(23)2)22-14-12-20(13-15-22)19-8-4-3-5-9-19/h3-11,16,20,22H,12-15,17H2,1-2H3. The summed E-state index contributed by atoms with van der Waals surface area (Å²) in [6, 6.07) is 21.8.